The van der Waals surface area contributed by atoms with E-state index < -0.39 is 15.3 Å². The number of aromatic nitrogens is 2. The predicted octanol–water partition coefficient (Wildman–Crippen LogP) is -0.394. The number of carbonyl (C=O) groups is 1. The molecule has 2 heterocycles. The molecule has 3 rings (SSSR count). The zero-order valence-electron chi connectivity index (χ0n) is 10.9. The minimum absolute atomic E-state index is 0.0601. The number of hydrogen-bond acceptors (Lipinski definition) is 6. The largest absolute Gasteiger partial charge is 0.383 e. The Kier molecular flexibility index (Phi) is 3.03. The molecule has 2 aromatic rings. The van der Waals surface area contributed by atoms with Crippen molar-refractivity contribution in [1.29, 1.82) is 0 Å². The first-order valence-electron chi connectivity index (χ1n) is 6.20. The van der Waals surface area contributed by atoms with Gasteiger partial charge in [0.15, 0.2) is 0 Å². The molecule has 1 aromatic carbocycles. The van der Waals surface area contributed by atoms with Gasteiger partial charge in [-0.1, -0.05) is 12.1 Å². The van der Waals surface area contributed by atoms with Gasteiger partial charge >= 0.3 is 0 Å². The second kappa shape index (κ2) is 4.64. The Bertz CT molecular complexity index is 836. The third-order valence-electron chi connectivity index (χ3n) is 3.42. The van der Waals surface area contributed by atoms with Gasteiger partial charge in [0.1, 0.15) is 11.1 Å². The minimum Gasteiger partial charge on any atom is -0.383 e. The first-order valence-corrected chi connectivity index (χ1v) is 7.81. The van der Waals surface area contributed by atoms with Gasteiger partial charge in [0.25, 0.3) is 0 Å². The van der Waals surface area contributed by atoms with E-state index in [2.05, 4.69) is 9.97 Å². The Balaban J connectivity index is 2.03. The molecular formula is C12H13N5O3S. The fourth-order valence-electron chi connectivity index (χ4n) is 2.30. The molecule has 1 amide bonds. The summed E-state index contributed by atoms with van der Waals surface area (Å²) in [5.74, 6) is -0.0477. The van der Waals surface area contributed by atoms with E-state index in [1.165, 1.54) is 4.90 Å². The molecule has 1 fully saturated rings. The van der Waals surface area contributed by atoms with Crippen LogP contribution in [0.25, 0.3) is 10.9 Å². The smallest absolute Gasteiger partial charge is 0.234 e. The van der Waals surface area contributed by atoms with Crippen molar-refractivity contribution < 1.29 is 13.2 Å². The SMILES string of the molecule is Nc1nc(N2CC(S(N)(=O)=O)CC2=O)nc2ccccc12. The molecule has 1 aliphatic heterocycles. The fraction of sp³-hybridized carbons (Fsp3) is 0.250. The molecule has 21 heavy (non-hydrogen) atoms. The highest BCUT2D eigenvalue weighted by molar-refractivity contribution is 7.89. The van der Waals surface area contributed by atoms with E-state index in [0.29, 0.717) is 10.9 Å². The van der Waals surface area contributed by atoms with Gasteiger partial charge in [-0.25, -0.2) is 18.5 Å². The van der Waals surface area contributed by atoms with Gasteiger partial charge in [-0.2, -0.15) is 4.98 Å². The summed E-state index contributed by atoms with van der Waals surface area (Å²) in [4.78, 5) is 21.5. The van der Waals surface area contributed by atoms with E-state index in [-0.39, 0.29) is 30.6 Å². The first kappa shape index (κ1) is 13.7. The van der Waals surface area contributed by atoms with Gasteiger partial charge in [0.2, 0.25) is 21.9 Å². The Morgan fingerprint density at radius 1 is 1.24 bits per heavy atom. The second-order valence-electron chi connectivity index (χ2n) is 4.85. The van der Waals surface area contributed by atoms with E-state index in [4.69, 9.17) is 10.9 Å². The number of benzene rings is 1. The van der Waals surface area contributed by atoms with Gasteiger partial charge in [0, 0.05) is 18.4 Å². The van der Waals surface area contributed by atoms with E-state index in [0.717, 1.165) is 0 Å². The quantitative estimate of drug-likeness (QED) is 0.776. The van der Waals surface area contributed by atoms with Crippen molar-refractivity contribution in [2.24, 2.45) is 5.14 Å². The van der Waals surface area contributed by atoms with E-state index in [1.54, 1.807) is 24.3 Å². The van der Waals surface area contributed by atoms with Crippen LogP contribution in [0.15, 0.2) is 24.3 Å². The standard InChI is InChI=1S/C12H13N5O3S/c13-11-8-3-1-2-4-9(8)15-12(16-11)17-6-7(5-10(17)18)21(14,19)20/h1-4,7H,5-6H2,(H2,13,15,16)(H2,14,19,20). The number of para-hydroxylation sites is 1. The van der Waals surface area contributed by atoms with Crippen molar-refractivity contribution in [3.8, 4) is 0 Å². The van der Waals surface area contributed by atoms with Crippen LogP contribution >= 0.6 is 0 Å². The summed E-state index contributed by atoms with van der Waals surface area (Å²) < 4.78 is 22.7. The van der Waals surface area contributed by atoms with Crippen molar-refractivity contribution >= 4 is 38.6 Å². The van der Waals surface area contributed by atoms with Crippen molar-refractivity contribution in [3.63, 3.8) is 0 Å². The molecule has 1 unspecified atom stereocenters. The maximum absolute atomic E-state index is 12.0. The van der Waals surface area contributed by atoms with Crippen LogP contribution in [0.3, 0.4) is 0 Å². The molecule has 1 aliphatic rings. The summed E-state index contributed by atoms with van der Waals surface area (Å²) in [6, 6.07) is 7.11. The van der Waals surface area contributed by atoms with Crippen LogP contribution in [0.5, 0.6) is 0 Å². The zero-order valence-corrected chi connectivity index (χ0v) is 11.7. The summed E-state index contributed by atoms with van der Waals surface area (Å²) in [6.07, 6.45) is -0.172. The highest BCUT2D eigenvalue weighted by Gasteiger charge is 2.38. The maximum atomic E-state index is 12.0. The van der Waals surface area contributed by atoms with Gasteiger partial charge in [0.05, 0.1) is 5.52 Å². The molecular weight excluding hydrogens is 294 g/mol. The Hall–Kier alpha value is -2.26. The number of primary sulfonamides is 1. The van der Waals surface area contributed by atoms with Crippen molar-refractivity contribution in [1.82, 2.24) is 9.97 Å². The summed E-state index contributed by atoms with van der Waals surface area (Å²) in [5.41, 5.74) is 6.45. The number of fused-ring (bicyclic) bond motifs is 1. The molecule has 0 saturated carbocycles. The average Bonchev–Trinajstić information content (AvgIpc) is 2.81. The van der Waals surface area contributed by atoms with Gasteiger partial charge in [-0.05, 0) is 12.1 Å². The molecule has 4 N–H and O–H groups in total. The van der Waals surface area contributed by atoms with Gasteiger partial charge < -0.3 is 5.73 Å². The third-order valence-corrected chi connectivity index (χ3v) is 4.66. The molecule has 0 spiro atoms. The van der Waals surface area contributed by atoms with E-state index >= 15 is 0 Å². The lowest BCUT2D eigenvalue weighted by atomic mass is 10.2. The Morgan fingerprint density at radius 2 is 1.95 bits per heavy atom. The number of nitrogens with two attached hydrogens (primary N) is 2. The highest BCUT2D eigenvalue weighted by atomic mass is 32.2. The molecule has 9 heteroatoms. The monoisotopic (exact) mass is 307 g/mol. The molecule has 1 aromatic heterocycles. The Labute approximate surface area is 120 Å². The molecule has 110 valence electrons. The number of sulfonamides is 1. The van der Waals surface area contributed by atoms with E-state index in [9.17, 15) is 13.2 Å². The molecule has 0 radical (unpaired) electrons. The molecule has 8 nitrogen and oxygen atoms in total. The Morgan fingerprint density at radius 3 is 2.62 bits per heavy atom. The maximum Gasteiger partial charge on any atom is 0.234 e. The van der Waals surface area contributed by atoms with Crippen LogP contribution in [0, 0.1) is 0 Å². The van der Waals surface area contributed by atoms with Crippen LogP contribution in [-0.4, -0.2) is 36.1 Å². The zero-order chi connectivity index (χ0) is 15.2. The molecule has 1 saturated heterocycles. The lowest BCUT2D eigenvalue weighted by molar-refractivity contribution is -0.117. The number of nitrogens with zero attached hydrogens (tertiary/aromatic N) is 3. The molecule has 1 atom stereocenters. The molecule has 0 aliphatic carbocycles. The van der Waals surface area contributed by atoms with Crippen molar-refractivity contribution in [3.05, 3.63) is 24.3 Å². The first-order chi connectivity index (χ1) is 9.86. The number of anilines is 2. The van der Waals surface area contributed by atoms with Crippen LogP contribution in [0.4, 0.5) is 11.8 Å². The van der Waals surface area contributed by atoms with Crippen LogP contribution in [0.1, 0.15) is 6.42 Å². The van der Waals surface area contributed by atoms with Crippen LogP contribution in [-0.2, 0) is 14.8 Å². The second-order valence-corrected chi connectivity index (χ2v) is 6.69. The molecule has 0 bridgehead atoms. The lowest BCUT2D eigenvalue weighted by Crippen LogP contribution is -2.32. The van der Waals surface area contributed by atoms with Crippen LogP contribution < -0.4 is 15.8 Å². The summed E-state index contributed by atoms with van der Waals surface area (Å²) in [6.45, 7) is -0.0601. The van der Waals surface area contributed by atoms with Crippen molar-refractivity contribution in [2.75, 3.05) is 17.2 Å². The third kappa shape index (κ3) is 2.41. The lowest BCUT2D eigenvalue weighted by Gasteiger charge is -2.15. The average molecular weight is 307 g/mol. The minimum atomic E-state index is -3.78. The number of carbonyl (C=O) groups excluding carboxylic acids is 1. The number of amides is 1. The predicted molar refractivity (Wildman–Crippen MR) is 77.8 cm³/mol. The fourth-order valence-corrected chi connectivity index (χ4v) is 3.03. The summed E-state index contributed by atoms with van der Waals surface area (Å²) >= 11 is 0. The van der Waals surface area contributed by atoms with Crippen LogP contribution in [0.2, 0.25) is 0 Å². The summed E-state index contributed by atoms with van der Waals surface area (Å²) in [7, 11) is -3.78. The normalized spacial score (nSPS) is 19.4. The highest BCUT2D eigenvalue weighted by Crippen LogP contribution is 2.25. The number of nitrogen functional groups attached to an aromatic ring is 1. The summed E-state index contributed by atoms with van der Waals surface area (Å²) in [5, 5.41) is 4.83. The topological polar surface area (TPSA) is 132 Å². The van der Waals surface area contributed by atoms with Gasteiger partial charge in [-0.3, -0.25) is 9.69 Å². The van der Waals surface area contributed by atoms with Crippen molar-refractivity contribution in [2.45, 2.75) is 11.7 Å². The van der Waals surface area contributed by atoms with Gasteiger partial charge in [-0.15, -0.1) is 0 Å². The van der Waals surface area contributed by atoms with E-state index in [1.807, 2.05) is 0 Å². The number of rotatable bonds is 2. The number of hydrogen-bond donors (Lipinski definition) is 2.